The Hall–Kier alpha value is -6.97. The molecule has 1 aromatic heterocycles. The van der Waals surface area contributed by atoms with Crippen molar-refractivity contribution in [2.24, 2.45) is 0 Å². The maximum absolute atomic E-state index is 14.6. The number of carbonyl (C=O) groups is 6. The maximum Gasteiger partial charge on any atom is 0.374 e. The van der Waals surface area contributed by atoms with Crippen molar-refractivity contribution in [1.29, 1.82) is 0 Å². The van der Waals surface area contributed by atoms with Gasteiger partial charge >= 0.3 is 40.9 Å². The van der Waals surface area contributed by atoms with Gasteiger partial charge in [-0.15, -0.1) is 0 Å². The van der Waals surface area contributed by atoms with Crippen LogP contribution in [-0.4, -0.2) is 75.6 Å². The normalized spacial score (nSPS) is 10.8. The van der Waals surface area contributed by atoms with Crippen LogP contribution in [0.1, 0.15) is 67.0 Å². The van der Waals surface area contributed by atoms with Crippen molar-refractivity contribution in [3.05, 3.63) is 132 Å². The van der Waals surface area contributed by atoms with Crippen molar-refractivity contribution >= 4 is 35.4 Å². The summed E-state index contributed by atoms with van der Waals surface area (Å²) in [4.78, 5) is 115. The highest BCUT2D eigenvalue weighted by Crippen LogP contribution is 2.18. The van der Waals surface area contributed by atoms with Crippen molar-refractivity contribution in [2.45, 2.75) is 73.6 Å². The molecule has 0 radical (unpaired) electrons. The summed E-state index contributed by atoms with van der Waals surface area (Å²) in [6.45, 7) is 12.1. The lowest BCUT2D eigenvalue weighted by molar-refractivity contribution is -0.155. The van der Waals surface area contributed by atoms with Crippen molar-refractivity contribution in [3.63, 3.8) is 0 Å². The van der Waals surface area contributed by atoms with Crippen molar-refractivity contribution in [3.8, 4) is 17.1 Å². The number of Topliss-reactive ketones (excluding diaryl/α,β-unsaturated/α-hetero) is 2. The molecule has 0 amide bonds. The van der Waals surface area contributed by atoms with Gasteiger partial charge in [-0.05, 0) is 117 Å². The molecule has 0 N–H and O–H groups in total. The molecule has 3 aromatic carbocycles. The third-order valence-electron chi connectivity index (χ3n) is 9.03. The van der Waals surface area contributed by atoms with Gasteiger partial charge in [-0.2, -0.15) is 0 Å². The van der Waals surface area contributed by atoms with Crippen LogP contribution >= 0.6 is 0 Å². The zero-order chi connectivity index (χ0) is 44.3. The van der Waals surface area contributed by atoms with E-state index < -0.39 is 59.1 Å². The van der Waals surface area contributed by atoms with E-state index in [2.05, 4.69) is 6.58 Å². The Kier molecular flexibility index (Phi) is 15.7. The fourth-order valence-electron chi connectivity index (χ4n) is 6.13. The monoisotopic (exact) mass is 825 g/mol. The zero-order valence-electron chi connectivity index (χ0n) is 34.4. The lowest BCUT2D eigenvalue weighted by Crippen LogP contribution is -2.52. The first-order valence-electron chi connectivity index (χ1n) is 19.1. The second-order valence-electron chi connectivity index (χ2n) is 14.1. The smallest absolute Gasteiger partial charge is 0.374 e. The predicted octanol–water partition coefficient (Wildman–Crippen LogP) is 3.40. The summed E-state index contributed by atoms with van der Waals surface area (Å²) in [5.41, 5.74) is 0.942. The molecule has 1 heterocycles. The van der Waals surface area contributed by atoms with Gasteiger partial charge in [-0.25, -0.2) is 37.7 Å². The number of hydrogen-bond acceptors (Lipinski definition) is 13. The zero-order valence-corrected chi connectivity index (χ0v) is 34.4. The molecule has 60 heavy (non-hydrogen) atoms. The Morgan fingerprint density at radius 3 is 1.67 bits per heavy atom. The highest BCUT2D eigenvalue weighted by Gasteiger charge is 2.22. The van der Waals surface area contributed by atoms with E-state index in [0.29, 0.717) is 33.4 Å². The second-order valence-corrected chi connectivity index (χ2v) is 14.1. The lowest BCUT2D eigenvalue weighted by Gasteiger charge is -2.17. The lowest BCUT2D eigenvalue weighted by atomic mass is 10.0. The number of benzene rings is 3. The Bertz CT molecular complexity index is 2540. The highest BCUT2D eigenvalue weighted by atomic mass is 16.6. The number of rotatable bonds is 19. The van der Waals surface area contributed by atoms with Crippen LogP contribution in [0.5, 0.6) is 0 Å². The number of nitrogens with zero attached hydrogens (tertiary/aromatic N) is 3. The van der Waals surface area contributed by atoms with E-state index in [0.717, 1.165) is 20.6 Å². The molecule has 4 aromatic rings. The molecule has 0 saturated carbocycles. The molecule has 0 aliphatic rings. The van der Waals surface area contributed by atoms with E-state index >= 15 is 0 Å². The molecule has 0 spiro atoms. The molecule has 4 rings (SSSR count). The number of ether oxygens (including phenoxy) is 4. The topological polar surface area (TPSA) is 205 Å². The quantitative estimate of drug-likeness (QED) is 0.0438. The molecule has 0 aliphatic heterocycles. The van der Waals surface area contributed by atoms with Crippen LogP contribution in [0.2, 0.25) is 0 Å². The van der Waals surface area contributed by atoms with Crippen LogP contribution < -0.4 is 17.1 Å². The van der Waals surface area contributed by atoms with Crippen LogP contribution in [0.25, 0.3) is 17.1 Å². The Morgan fingerprint density at radius 2 is 1.13 bits per heavy atom. The number of carbonyl (C=O) groups excluding carboxylic acids is 6. The maximum atomic E-state index is 14.6. The molecule has 16 heteroatoms. The Balaban J connectivity index is 1.81. The van der Waals surface area contributed by atoms with Crippen LogP contribution in [0.3, 0.4) is 0 Å². The minimum absolute atomic E-state index is 0.0699. The van der Waals surface area contributed by atoms with E-state index in [1.165, 1.54) is 25.1 Å². The largest absolute Gasteiger partial charge is 0.466 e. The SMILES string of the molecule is C=C(C)C(=O)OCCOC(=O)CCc1cc(C)cc(-n2c(=O)n(-c3cc(C)cc(CCC(=O)COC(=O)C(C)=O)c3)c(=O)n(-c3ccc(C)c(CC(=O)OCC)c3)c2=O)c1. The molecule has 0 fully saturated rings. The van der Waals surface area contributed by atoms with Gasteiger partial charge in [0.05, 0.1) is 30.1 Å². The minimum Gasteiger partial charge on any atom is -0.466 e. The summed E-state index contributed by atoms with van der Waals surface area (Å²) in [6, 6.07) is 14.4. The van der Waals surface area contributed by atoms with Crippen molar-refractivity contribution in [2.75, 3.05) is 26.4 Å². The number of aryl methyl sites for hydroxylation is 5. The average Bonchev–Trinajstić information content (AvgIpc) is 3.17. The first kappa shape index (κ1) is 45.7. The van der Waals surface area contributed by atoms with Gasteiger partial charge in [-0.1, -0.05) is 24.8 Å². The molecular weight excluding hydrogens is 778 g/mol. The van der Waals surface area contributed by atoms with E-state index in [9.17, 15) is 43.2 Å². The summed E-state index contributed by atoms with van der Waals surface area (Å²) in [5.74, 6) is -4.15. The van der Waals surface area contributed by atoms with Crippen LogP contribution in [-0.2, 0) is 67.0 Å². The summed E-state index contributed by atoms with van der Waals surface area (Å²) in [6.07, 6.45) is -0.0675. The molecule has 0 bridgehead atoms. The van der Waals surface area contributed by atoms with Gasteiger partial charge < -0.3 is 18.9 Å². The standard InChI is InChI=1S/C44H47N3O13/c1-8-57-39(51)24-33-23-34(12-9-29(33)6)45-42(54)46(35-19-27(4)17-31(21-35)10-13-37(49)25-60-41(53)30(7)48)44(56)47(43(45)55)36-20-28(5)18-32(22-36)11-14-38(50)58-15-16-59-40(52)26(2)3/h9,12,17-23H,2,8,10-11,13-16,24-25H2,1,3-7H3. The van der Waals surface area contributed by atoms with E-state index in [1.54, 1.807) is 64.1 Å². The number of ketones is 2. The summed E-state index contributed by atoms with van der Waals surface area (Å²) < 4.78 is 22.5. The third-order valence-corrected chi connectivity index (χ3v) is 9.03. The fraction of sp³-hybridized carbons (Fsp3) is 0.341. The van der Waals surface area contributed by atoms with E-state index in [1.807, 2.05) is 0 Å². The van der Waals surface area contributed by atoms with Gasteiger partial charge in [0.25, 0.3) is 0 Å². The summed E-state index contributed by atoms with van der Waals surface area (Å²) >= 11 is 0. The van der Waals surface area contributed by atoms with Crippen molar-refractivity contribution in [1.82, 2.24) is 13.7 Å². The fourth-order valence-corrected chi connectivity index (χ4v) is 6.13. The highest BCUT2D eigenvalue weighted by molar-refractivity contribution is 6.32. The molecule has 0 atom stereocenters. The van der Waals surface area contributed by atoms with E-state index in [-0.39, 0.29) is 74.6 Å². The Morgan fingerprint density at radius 1 is 0.600 bits per heavy atom. The van der Waals surface area contributed by atoms with E-state index in [4.69, 9.17) is 18.9 Å². The molecule has 316 valence electrons. The second kappa shape index (κ2) is 20.6. The van der Waals surface area contributed by atoms with Crippen LogP contribution in [0, 0.1) is 20.8 Å². The number of aromatic nitrogens is 3. The molecular formula is C44H47N3O13. The first-order valence-corrected chi connectivity index (χ1v) is 19.1. The van der Waals surface area contributed by atoms with Crippen molar-refractivity contribution < 1.29 is 47.7 Å². The number of hydrogen-bond donors (Lipinski definition) is 0. The molecule has 0 saturated heterocycles. The van der Waals surface area contributed by atoms with Gasteiger partial charge in [0, 0.05) is 25.3 Å². The van der Waals surface area contributed by atoms with Gasteiger partial charge in [0.15, 0.2) is 5.78 Å². The predicted molar refractivity (Wildman–Crippen MR) is 218 cm³/mol. The van der Waals surface area contributed by atoms with Gasteiger partial charge in [-0.3, -0.25) is 19.2 Å². The molecule has 16 nitrogen and oxygen atoms in total. The van der Waals surface area contributed by atoms with Crippen LogP contribution in [0.15, 0.2) is 81.1 Å². The van der Waals surface area contributed by atoms with Crippen LogP contribution in [0.4, 0.5) is 0 Å². The summed E-state index contributed by atoms with van der Waals surface area (Å²) in [5, 5.41) is 0. The Labute approximate surface area is 345 Å². The average molecular weight is 826 g/mol. The first-order chi connectivity index (χ1) is 28.4. The summed E-state index contributed by atoms with van der Waals surface area (Å²) in [7, 11) is 0. The minimum atomic E-state index is -1.13. The third kappa shape index (κ3) is 12.0. The number of esters is 4. The molecule has 0 unspecified atom stereocenters. The van der Waals surface area contributed by atoms with Gasteiger partial charge in [0.2, 0.25) is 5.78 Å². The molecule has 0 aliphatic carbocycles. The van der Waals surface area contributed by atoms with Gasteiger partial charge in [0.1, 0.15) is 19.8 Å².